The smallest absolute Gasteiger partial charge is 0.211 e. The van der Waals surface area contributed by atoms with Gasteiger partial charge in [0.05, 0.1) is 28.8 Å². The number of rotatable bonds is 8. The number of piperidine rings is 1. The Hall–Kier alpha value is -3.51. The summed E-state index contributed by atoms with van der Waals surface area (Å²) in [5.74, 6) is 1.22. The van der Waals surface area contributed by atoms with Crippen molar-refractivity contribution in [1.82, 2.24) is 19.3 Å². The van der Waals surface area contributed by atoms with Crippen molar-refractivity contribution in [1.29, 1.82) is 0 Å². The van der Waals surface area contributed by atoms with Crippen LogP contribution in [0.2, 0.25) is 5.02 Å². The Bertz CT molecular complexity index is 1580. The summed E-state index contributed by atoms with van der Waals surface area (Å²) in [5.41, 5.74) is 1.07. The standard InChI is InChI=1S/C26H26ClN5O5S/c1-38(35,36)32-13-16(7-8-17(32)14-33)31-26-23-21(12-28-25(23)29-15-30-26)24(34)20-10-9-19(11-22(20)27)37-18-5-3-2-4-6-18/h2-6,9-12,15-17,33H,7-8,13-14H2,1H3,(H2,28,29,30,31). The summed E-state index contributed by atoms with van der Waals surface area (Å²) in [5, 5.41) is 13.6. The van der Waals surface area contributed by atoms with E-state index in [4.69, 9.17) is 16.3 Å². The number of fused-ring (bicyclic) bond motifs is 1. The van der Waals surface area contributed by atoms with Gasteiger partial charge < -0.3 is 20.1 Å². The van der Waals surface area contributed by atoms with E-state index in [-0.39, 0.29) is 35.6 Å². The highest BCUT2D eigenvalue weighted by atomic mass is 35.5. The van der Waals surface area contributed by atoms with Crippen LogP contribution in [0.15, 0.2) is 61.1 Å². The molecule has 1 saturated heterocycles. The SMILES string of the molecule is CS(=O)(=O)N1CC(Nc2ncnc3[nH]cc(C(=O)c4ccc(Oc5ccccc5)cc4Cl)c23)CCC1CO. The summed E-state index contributed by atoms with van der Waals surface area (Å²) in [6, 6.07) is 13.4. The number of hydrogen-bond donors (Lipinski definition) is 3. The Morgan fingerprint density at radius 1 is 1.16 bits per heavy atom. The van der Waals surface area contributed by atoms with Crippen LogP contribution >= 0.6 is 11.6 Å². The zero-order valence-corrected chi connectivity index (χ0v) is 22.0. The number of carbonyl (C=O) groups excluding carboxylic acids is 1. The van der Waals surface area contributed by atoms with Crippen LogP contribution in [0, 0.1) is 0 Å². The minimum absolute atomic E-state index is 0.165. The molecule has 3 N–H and O–H groups in total. The lowest BCUT2D eigenvalue weighted by atomic mass is 10.0. The first-order valence-corrected chi connectivity index (χ1v) is 14.2. The van der Waals surface area contributed by atoms with E-state index in [1.54, 1.807) is 24.4 Å². The molecule has 1 aliphatic heterocycles. The summed E-state index contributed by atoms with van der Waals surface area (Å²) in [7, 11) is -3.51. The van der Waals surface area contributed by atoms with E-state index in [0.717, 1.165) is 6.26 Å². The topological polar surface area (TPSA) is 138 Å². The number of ether oxygens (including phenoxy) is 1. The molecule has 0 amide bonds. The van der Waals surface area contributed by atoms with Crippen LogP contribution in [0.3, 0.4) is 0 Å². The van der Waals surface area contributed by atoms with Gasteiger partial charge in [0, 0.05) is 36.5 Å². The second-order valence-electron chi connectivity index (χ2n) is 9.12. The van der Waals surface area contributed by atoms with E-state index in [9.17, 15) is 18.3 Å². The number of sulfonamides is 1. The third kappa shape index (κ3) is 5.37. The largest absolute Gasteiger partial charge is 0.457 e. The number of hydrogen-bond acceptors (Lipinski definition) is 8. The first-order valence-electron chi connectivity index (χ1n) is 12.0. The number of benzene rings is 2. The Morgan fingerprint density at radius 3 is 2.66 bits per heavy atom. The number of ketones is 1. The quantitative estimate of drug-likeness (QED) is 0.279. The van der Waals surface area contributed by atoms with Crippen molar-refractivity contribution in [3.63, 3.8) is 0 Å². The molecule has 1 fully saturated rings. The lowest BCUT2D eigenvalue weighted by molar-refractivity contribution is 0.104. The molecule has 38 heavy (non-hydrogen) atoms. The number of halogens is 1. The minimum atomic E-state index is -3.51. The summed E-state index contributed by atoms with van der Waals surface area (Å²) in [6.45, 7) is -0.0814. The lowest BCUT2D eigenvalue weighted by Gasteiger charge is -2.37. The molecule has 198 valence electrons. The average Bonchev–Trinajstić information content (AvgIpc) is 3.34. The molecule has 2 unspecified atom stereocenters. The summed E-state index contributed by atoms with van der Waals surface area (Å²) < 4.78 is 31.7. The molecule has 1 aliphatic rings. The van der Waals surface area contributed by atoms with Gasteiger partial charge in [-0.15, -0.1) is 0 Å². The van der Waals surface area contributed by atoms with Gasteiger partial charge in [-0.1, -0.05) is 29.8 Å². The molecular weight excluding hydrogens is 530 g/mol. The van der Waals surface area contributed by atoms with Crippen LogP contribution in [0.25, 0.3) is 11.0 Å². The molecule has 2 atom stereocenters. The Balaban J connectivity index is 1.42. The molecule has 5 rings (SSSR count). The van der Waals surface area contributed by atoms with Crippen molar-refractivity contribution in [2.75, 3.05) is 24.7 Å². The monoisotopic (exact) mass is 555 g/mol. The van der Waals surface area contributed by atoms with Gasteiger partial charge >= 0.3 is 0 Å². The molecule has 2 aromatic heterocycles. The third-order valence-corrected chi connectivity index (χ3v) is 8.12. The third-order valence-electron chi connectivity index (χ3n) is 6.51. The van der Waals surface area contributed by atoms with Crippen LogP contribution in [-0.2, 0) is 10.0 Å². The van der Waals surface area contributed by atoms with Gasteiger partial charge in [0.25, 0.3) is 0 Å². The molecule has 0 radical (unpaired) electrons. The van der Waals surface area contributed by atoms with Crippen LogP contribution in [0.4, 0.5) is 5.82 Å². The fourth-order valence-corrected chi connectivity index (χ4v) is 6.08. The van der Waals surface area contributed by atoms with Crippen molar-refractivity contribution in [2.45, 2.75) is 24.9 Å². The number of anilines is 1. The number of nitrogens with one attached hydrogen (secondary N) is 2. The number of carbonyl (C=O) groups is 1. The molecule has 12 heteroatoms. The molecule has 10 nitrogen and oxygen atoms in total. The highest BCUT2D eigenvalue weighted by Gasteiger charge is 2.34. The number of para-hydroxylation sites is 1. The van der Waals surface area contributed by atoms with Crippen molar-refractivity contribution in [3.05, 3.63) is 77.2 Å². The van der Waals surface area contributed by atoms with Crippen LogP contribution < -0.4 is 10.1 Å². The number of aliphatic hydroxyl groups excluding tert-OH is 1. The van der Waals surface area contributed by atoms with E-state index in [2.05, 4.69) is 20.3 Å². The van der Waals surface area contributed by atoms with Crippen molar-refractivity contribution < 1.29 is 23.1 Å². The summed E-state index contributed by atoms with van der Waals surface area (Å²) in [4.78, 5) is 25.2. The van der Waals surface area contributed by atoms with Gasteiger partial charge in [0.2, 0.25) is 10.0 Å². The lowest BCUT2D eigenvalue weighted by Crippen LogP contribution is -2.51. The number of aromatic amines is 1. The first-order chi connectivity index (χ1) is 18.2. The maximum absolute atomic E-state index is 13.6. The molecule has 0 bridgehead atoms. The fourth-order valence-electron chi connectivity index (χ4n) is 4.66. The normalized spacial score (nSPS) is 18.4. The number of H-pyrrole nitrogens is 1. The first kappa shape index (κ1) is 26.1. The number of nitrogens with zero attached hydrogens (tertiary/aromatic N) is 3. The van der Waals surface area contributed by atoms with Crippen molar-refractivity contribution in [2.24, 2.45) is 0 Å². The molecule has 0 aliphatic carbocycles. The average molecular weight is 556 g/mol. The zero-order chi connectivity index (χ0) is 26.9. The van der Waals surface area contributed by atoms with Crippen LogP contribution in [0.1, 0.15) is 28.8 Å². The van der Waals surface area contributed by atoms with Crippen LogP contribution in [0.5, 0.6) is 11.5 Å². The molecular formula is C26H26ClN5O5S. The van der Waals surface area contributed by atoms with Crippen molar-refractivity contribution in [3.8, 4) is 11.5 Å². The van der Waals surface area contributed by atoms with Gasteiger partial charge in [0.15, 0.2) is 5.78 Å². The maximum Gasteiger partial charge on any atom is 0.211 e. The molecule has 3 heterocycles. The van der Waals surface area contributed by atoms with E-state index in [0.29, 0.717) is 46.8 Å². The molecule has 2 aromatic carbocycles. The molecule has 0 saturated carbocycles. The highest BCUT2D eigenvalue weighted by molar-refractivity contribution is 7.88. The Morgan fingerprint density at radius 2 is 1.95 bits per heavy atom. The Labute approximate surface area is 224 Å². The van der Waals surface area contributed by atoms with E-state index >= 15 is 0 Å². The predicted molar refractivity (Wildman–Crippen MR) is 144 cm³/mol. The van der Waals surface area contributed by atoms with Crippen molar-refractivity contribution >= 4 is 44.3 Å². The Kier molecular flexibility index (Phi) is 7.35. The van der Waals surface area contributed by atoms with Gasteiger partial charge in [-0.05, 0) is 37.1 Å². The van der Waals surface area contributed by atoms with Gasteiger partial charge in [-0.3, -0.25) is 4.79 Å². The number of aromatic nitrogens is 3. The maximum atomic E-state index is 13.6. The second-order valence-corrected chi connectivity index (χ2v) is 11.5. The predicted octanol–water partition coefficient (Wildman–Crippen LogP) is 3.83. The number of aliphatic hydroxyl groups is 1. The fraction of sp³-hybridized carbons (Fsp3) is 0.269. The second kappa shape index (κ2) is 10.7. The van der Waals surface area contributed by atoms with E-state index < -0.39 is 16.1 Å². The summed E-state index contributed by atoms with van der Waals surface area (Å²) >= 11 is 6.50. The molecule has 0 spiro atoms. The van der Waals surface area contributed by atoms with Gasteiger partial charge in [-0.25, -0.2) is 18.4 Å². The van der Waals surface area contributed by atoms with Gasteiger partial charge in [-0.2, -0.15) is 4.31 Å². The minimum Gasteiger partial charge on any atom is -0.457 e. The molecule has 4 aromatic rings. The van der Waals surface area contributed by atoms with E-state index in [1.165, 1.54) is 10.6 Å². The highest BCUT2D eigenvalue weighted by Crippen LogP contribution is 2.32. The van der Waals surface area contributed by atoms with Gasteiger partial charge in [0.1, 0.15) is 29.3 Å². The zero-order valence-electron chi connectivity index (χ0n) is 20.5. The summed E-state index contributed by atoms with van der Waals surface area (Å²) in [6.07, 6.45) is 5.16. The van der Waals surface area contributed by atoms with E-state index in [1.807, 2.05) is 30.3 Å². The van der Waals surface area contributed by atoms with Crippen LogP contribution in [-0.4, -0.2) is 70.1 Å².